The van der Waals surface area contributed by atoms with Crippen molar-refractivity contribution in [3.8, 4) is 0 Å². The summed E-state index contributed by atoms with van der Waals surface area (Å²) in [6.07, 6.45) is 5.39. The molecule has 5 heteroatoms. The number of halogens is 1. The third-order valence-electron chi connectivity index (χ3n) is 3.66. The van der Waals surface area contributed by atoms with Crippen molar-refractivity contribution in [1.29, 1.82) is 0 Å². The zero-order chi connectivity index (χ0) is 13.9. The smallest absolute Gasteiger partial charge is 0.251 e. The number of carbonyl (C=O) groups excluding carboxylic acids is 1. The summed E-state index contributed by atoms with van der Waals surface area (Å²) in [5.74, 6) is -0.562. The number of thioether (sulfide) groups is 1. The molecule has 104 valence electrons. The van der Waals surface area contributed by atoms with Crippen molar-refractivity contribution in [3.63, 3.8) is 0 Å². The predicted octanol–water partition coefficient (Wildman–Crippen LogP) is 2.58. The van der Waals surface area contributed by atoms with E-state index in [9.17, 15) is 14.3 Å². The highest BCUT2D eigenvalue weighted by Crippen LogP contribution is 2.29. The first-order chi connectivity index (χ1) is 9.10. The van der Waals surface area contributed by atoms with Crippen LogP contribution in [0.4, 0.5) is 4.39 Å². The Labute approximate surface area is 116 Å². The van der Waals surface area contributed by atoms with Gasteiger partial charge in [0, 0.05) is 10.5 Å². The first-order valence-corrected chi connectivity index (χ1v) is 7.60. The van der Waals surface area contributed by atoms with E-state index in [0.717, 1.165) is 25.7 Å². The van der Waals surface area contributed by atoms with Crippen molar-refractivity contribution in [1.82, 2.24) is 5.32 Å². The van der Waals surface area contributed by atoms with Crippen LogP contribution in [0.3, 0.4) is 0 Å². The van der Waals surface area contributed by atoms with Gasteiger partial charge in [-0.2, -0.15) is 0 Å². The van der Waals surface area contributed by atoms with Crippen molar-refractivity contribution in [2.24, 2.45) is 0 Å². The second kappa shape index (κ2) is 5.92. The highest BCUT2D eigenvalue weighted by molar-refractivity contribution is 7.98. The summed E-state index contributed by atoms with van der Waals surface area (Å²) in [6, 6.07) is 4.33. The lowest BCUT2D eigenvalue weighted by molar-refractivity contribution is 0.0838. The molecule has 0 bridgehead atoms. The van der Waals surface area contributed by atoms with Crippen LogP contribution in [0.5, 0.6) is 0 Å². The Morgan fingerprint density at radius 3 is 2.74 bits per heavy atom. The quantitative estimate of drug-likeness (QED) is 0.835. The second-order valence-corrected chi connectivity index (χ2v) is 5.80. The van der Waals surface area contributed by atoms with Gasteiger partial charge in [0.15, 0.2) is 0 Å². The highest BCUT2D eigenvalue weighted by atomic mass is 32.2. The van der Waals surface area contributed by atoms with E-state index in [0.29, 0.717) is 10.5 Å². The van der Waals surface area contributed by atoms with Gasteiger partial charge in [0.05, 0.1) is 12.1 Å². The van der Waals surface area contributed by atoms with E-state index in [1.54, 1.807) is 12.3 Å². The number of hydrogen-bond acceptors (Lipinski definition) is 3. The first kappa shape index (κ1) is 14.3. The summed E-state index contributed by atoms with van der Waals surface area (Å²) in [5.41, 5.74) is -0.0594. The molecule has 0 heterocycles. The van der Waals surface area contributed by atoms with Gasteiger partial charge < -0.3 is 10.4 Å². The average Bonchev–Trinajstić information content (AvgIpc) is 2.88. The third kappa shape index (κ3) is 3.09. The van der Waals surface area contributed by atoms with Gasteiger partial charge in [-0.3, -0.25) is 4.79 Å². The highest BCUT2D eigenvalue weighted by Gasteiger charge is 2.34. The van der Waals surface area contributed by atoms with E-state index in [1.807, 2.05) is 0 Å². The number of aliphatic hydroxyl groups is 1. The Morgan fingerprint density at radius 2 is 2.16 bits per heavy atom. The van der Waals surface area contributed by atoms with E-state index in [4.69, 9.17) is 0 Å². The van der Waals surface area contributed by atoms with Gasteiger partial charge in [0.1, 0.15) is 5.82 Å². The molecule has 1 aromatic carbocycles. The third-order valence-corrected chi connectivity index (χ3v) is 4.41. The van der Waals surface area contributed by atoms with Crippen molar-refractivity contribution in [3.05, 3.63) is 29.6 Å². The van der Waals surface area contributed by atoms with Gasteiger partial charge in [0.25, 0.3) is 5.91 Å². The van der Waals surface area contributed by atoms with Crippen LogP contribution in [0, 0.1) is 5.82 Å². The summed E-state index contributed by atoms with van der Waals surface area (Å²) in [7, 11) is 0. The minimum absolute atomic E-state index is 0.0463. The monoisotopic (exact) mass is 283 g/mol. The van der Waals surface area contributed by atoms with Crippen LogP contribution in [-0.2, 0) is 0 Å². The largest absolute Gasteiger partial charge is 0.394 e. The molecule has 0 atom stereocenters. The van der Waals surface area contributed by atoms with Crippen molar-refractivity contribution in [2.45, 2.75) is 36.1 Å². The van der Waals surface area contributed by atoms with Gasteiger partial charge in [-0.25, -0.2) is 4.39 Å². The van der Waals surface area contributed by atoms with E-state index in [1.165, 1.54) is 23.9 Å². The summed E-state index contributed by atoms with van der Waals surface area (Å²) >= 11 is 1.27. The minimum atomic E-state index is -0.495. The Kier molecular flexibility index (Phi) is 4.47. The molecule has 1 aromatic rings. The molecule has 1 aliphatic rings. The molecule has 0 aliphatic heterocycles. The Hall–Kier alpha value is -1.07. The molecule has 0 spiro atoms. The molecule has 2 N–H and O–H groups in total. The molecule has 1 amide bonds. The van der Waals surface area contributed by atoms with E-state index >= 15 is 0 Å². The number of benzene rings is 1. The maximum absolute atomic E-state index is 13.4. The molecule has 1 fully saturated rings. The predicted molar refractivity (Wildman–Crippen MR) is 73.9 cm³/mol. The summed E-state index contributed by atoms with van der Waals surface area (Å²) in [4.78, 5) is 12.6. The van der Waals surface area contributed by atoms with Gasteiger partial charge in [-0.1, -0.05) is 12.8 Å². The molecule has 0 aromatic heterocycles. The SMILES string of the molecule is CSc1cc(C(=O)NC2(CO)CCCC2)ccc1F. The number of carbonyl (C=O) groups is 1. The maximum atomic E-state index is 13.4. The minimum Gasteiger partial charge on any atom is -0.394 e. The molecule has 0 saturated heterocycles. The summed E-state index contributed by atoms with van der Waals surface area (Å²) < 4.78 is 13.4. The maximum Gasteiger partial charge on any atom is 0.251 e. The van der Waals surface area contributed by atoms with E-state index in [2.05, 4.69) is 5.32 Å². The normalized spacial score (nSPS) is 17.4. The van der Waals surface area contributed by atoms with Crippen molar-refractivity contribution >= 4 is 17.7 Å². The Morgan fingerprint density at radius 1 is 1.47 bits per heavy atom. The van der Waals surface area contributed by atoms with Crippen LogP contribution in [-0.4, -0.2) is 29.4 Å². The van der Waals surface area contributed by atoms with Crippen LogP contribution < -0.4 is 5.32 Å². The number of aliphatic hydroxyl groups excluding tert-OH is 1. The number of rotatable bonds is 4. The van der Waals surface area contributed by atoms with E-state index < -0.39 is 5.54 Å². The molecular weight excluding hydrogens is 265 g/mol. The molecule has 1 saturated carbocycles. The van der Waals surface area contributed by atoms with Gasteiger partial charge >= 0.3 is 0 Å². The standard InChI is InChI=1S/C14H18FNO2S/c1-19-12-8-10(4-5-11(12)15)13(18)16-14(9-17)6-2-3-7-14/h4-5,8,17H,2-3,6-7,9H2,1H3,(H,16,18). The second-order valence-electron chi connectivity index (χ2n) is 4.95. The molecule has 2 rings (SSSR count). The lowest BCUT2D eigenvalue weighted by Gasteiger charge is -2.28. The van der Waals surface area contributed by atoms with Crippen molar-refractivity contribution < 1.29 is 14.3 Å². The van der Waals surface area contributed by atoms with Crippen LogP contribution in [0.1, 0.15) is 36.0 Å². The van der Waals surface area contributed by atoms with Crippen LogP contribution >= 0.6 is 11.8 Å². The fraction of sp³-hybridized carbons (Fsp3) is 0.500. The number of amides is 1. The molecule has 1 aliphatic carbocycles. The van der Waals surface area contributed by atoms with Crippen LogP contribution in [0.2, 0.25) is 0 Å². The molecular formula is C14H18FNO2S. The van der Waals surface area contributed by atoms with Gasteiger partial charge in [0.2, 0.25) is 0 Å². The zero-order valence-corrected chi connectivity index (χ0v) is 11.7. The van der Waals surface area contributed by atoms with Crippen LogP contribution in [0.25, 0.3) is 0 Å². The fourth-order valence-electron chi connectivity index (χ4n) is 2.49. The zero-order valence-electron chi connectivity index (χ0n) is 10.9. The summed E-state index contributed by atoms with van der Waals surface area (Å²) in [5, 5.41) is 12.4. The molecule has 19 heavy (non-hydrogen) atoms. The summed E-state index contributed by atoms with van der Waals surface area (Å²) in [6.45, 7) is -0.0463. The number of hydrogen-bond donors (Lipinski definition) is 2. The lowest BCUT2D eigenvalue weighted by Crippen LogP contribution is -2.49. The molecule has 0 unspecified atom stereocenters. The van der Waals surface area contributed by atoms with Gasteiger partial charge in [-0.05, 0) is 37.3 Å². The van der Waals surface area contributed by atoms with Crippen molar-refractivity contribution in [2.75, 3.05) is 12.9 Å². The first-order valence-electron chi connectivity index (χ1n) is 6.37. The Balaban J connectivity index is 2.15. The molecule has 0 radical (unpaired) electrons. The molecule has 3 nitrogen and oxygen atoms in total. The van der Waals surface area contributed by atoms with Crippen LogP contribution in [0.15, 0.2) is 23.1 Å². The Bertz CT molecular complexity index is 473. The van der Waals surface area contributed by atoms with Gasteiger partial charge in [-0.15, -0.1) is 11.8 Å². The average molecular weight is 283 g/mol. The fourth-order valence-corrected chi connectivity index (χ4v) is 3.00. The number of nitrogens with one attached hydrogen (secondary N) is 1. The topological polar surface area (TPSA) is 49.3 Å². The van der Waals surface area contributed by atoms with E-state index in [-0.39, 0.29) is 18.3 Å². The lowest BCUT2D eigenvalue weighted by atomic mass is 9.98.